The average molecular weight is 367 g/mol. The molecule has 2 aromatic carbocycles. The van der Waals surface area contributed by atoms with Crippen LogP contribution in [0.5, 0.6) is 5.75 Å². The molecule has 144 valence electrons. The van der Waals surface area contributed by atoms with E-state index in [1.165, 1.54) is 36.0 Å². The first kappa shape index (κ1) is 19.4. The second-order valence-electron chi connectivity index (χ2n) is 7.43. The summed E-state index contributed by atoms with van der Waals surface area (Å²) in [6, 6.07) is 16.6. The maximum absolute atomic E-state index is 12.3. The molecule has 2 aromatic rings. The molecular weight excluding hydrogens is 336 g/mol. The Labute approximate surface area is 162 Å². The fourth-order valence-corrected chi connectivity index (χ4v) is 3.52. The van der Waals surface area contributed by atoms with Gasteiger partial charge in [0.15, 0.2) is 6.61 Å². The predicted octanol–water partition coefficient (Wildman–Crippen LogP) is 4.03. The molecule has 4 nitrogen and oxygen atoms in total. The topological polar surface area (TPSA) is 41.6 Å². The SMILES string of the molecule is Cc1ccc(OCC(=O)NC[C@@H](c2ccc(C)cc2)N2CCCCC2)cc1. The molecule has 0 bridgehead atoms. The minimum Gasteiger partial charge on any atom is -0.484 e. The standard InChI is InChI=1S/C23H30N2O2/c1-18-6-10-20(11-7-18)22(25-14-4-3-5-15-25)16-24-23(26)17-27-21-12-8-19(2)9-13-21/h6-13,22H,3-5,14-17H2,1-2H3,(H,24,26)/t22-/m0/s1. The van der Waals surface area contributed by atoms with Crippen molar-refractivity contribution in [2.75, 3.05) is 26.2 Å². The predicted molar refractivity (Wildman–Crippen MR) is 109 cm³/mol. The average Bonchev–Trinajstić information content (AvgIpc) is 2.70. The molecule has 1 heterocycles. The summed E-state index contributed by atoms with van der Waals surface area (Å²) in [7, 11) is 0. The minimum atomic E-state index is -0.0790. The Hall–Kier alpha value is -2.33. The number of nitrogens with one attached hydrogen (secondary N) is 1. The van der Waals surface area contributed by atoms with Gasteiger partial charge in [0.05, 0.1) is 6.04 Å². The van der Waals surface area contributed by atoms with Gasteiger partial charge in [0, 0.05) is 6.54 Å². The number of hydrogen-bond acceptors (Lipinski definition) is 3. The lowest BCUT2D eigenvalue weighted by atomic mass is 10.0. The zero-order valence-corrected chi connectivity index (χ0v) is 16.4. The van der Waals surface area contributed by atoms with Gasteiger partial charge in [-0.2, -0.15) is 0 Å². The van der Waals surface area contributed by atoms with Crippen molar-refractivity contribution in [1.82, 2.24) is 10.2 Å². The summed E-state index contributed by atoms with van der Waals surface area (Å²) in [5.74, 6) is 0.645. The fourth-order valence-electron chi connectivity index (χ4n) is 3.52. The molecule has 1 atom stereocenters. The van der Waals surface area contributed by atoms with E-state index >= 15 is 0 Å². The Morgan fingerprint density at radius 2 is 1.56 bits per heavy atom. The van der Waals surface area contributed by atoms with Crippen LogP contribution in [-0.2, 0) is 4.79 Å². The third-order valence-corrected chi connectivity index (χ3v) is 5.18. The van der Waals surface area contributed by atoms with E-state index in [2.05, 4.69) is 41.4 Å². The highest BCUT2D eigenvalue weighted by Gasteiger charge is 2.22. The van der Waals surface area contributed by atoms with Crippen LogP contribution in [0.2, 0.25) is 0 Å². The first-order valence-corrected chi connectivity index (χ1v) is 9.88. The lowest BCUT2D eigenvalue weighted by Crippen LogP contribution is -2.41. The highest BCUT2D eigenvalue weighted by molar-refractivity contribution is 5.77. The normalized spacial score (nSPS) is 15.9. The van der Waals surface area contributed by atoms with Gasteiger partial charge in [0.2, 0.25) is 0 Å². The zero-order chi connectivity index (χ0) is 19.1. The number of carbonyl (C=O) groups is 1. The van der Waals surface area contributed by atoms with Crippen molar-refractivity contribution in [3.8, 4) is 5.75 Å². The highest BCUT2D eigenvalue weighted by atomic mass is 16.5. The number of amides is 1. The molecule has 4 heteroatoms. The summed E-state index contributed by atoms with van der Waals surface area (Å²) in [6.45, 7) is 6.97. The van der Waals surface area contributed by atoms with Gasteiger partial charge in [-0.1, -0.05) is 53.9 Å². The van der Waals surface area contributed by atoms with Gasteiger partial charge in [0.25, 0.3) is 5.91 Å². The van der Waals surface area contributed by atoms with Crippen molar-refractivity contribution in [3.05, 3.63) is 65.2 Å². The number of hydrogen-bond donors (Lipinski definition) is 1. The van der Waals surface area contributed by atoms with Crippen LogP contribution in [0, 0.1) is 13.8 Å². The largest absolute Gasteiger partial charge is 0.484 e. The van der Waals surface area contributed by atoms with Crippen LogP contribution in [0.1, 0.15) is 42.0 Å². The van der Waals surface area contributed by atoms with Gasteiger partial charge in [-0.05, 0) is 57.5 Å². The number of nitrogens with zero attached hydrogens (tertiary/aromatic N) is 1. The monoisotopic (exact) mass is 366 g/mol. The van der Waals surface area contributed by atoms with E-state index in [0.717, 1.165) is 18.8 Å². The van der Waals surface area contributed by atoms with Crippen LogP contribution >= 0.6 is 0 Å². The Kier molecular flexibility index (Phi) is 6.88. The Bertz CT molecular complexity index is 719. The summed E-state index contributed by atoms with van der Waals surface area (Å²) in [4.78, 5) is 14.8. The maximum Gasteiger partial charge on any atom is 0.258 e. The van der Waals surface area contributed by atoms with Crippen molar-refractivity contribution in [1.29, 1.82) is 0 Å². The molecule has 1 aliphatic heterocycles. The summed E-state index contributed by atoms with van der Waals surface area (Å²) in [5.41, 5.74) is 3.70. The Morgan fingerprint density at radius 1 is 0.963 bits per heavy atom. The fraction of sp³-hybridized carbons (Fsp3) is 0.435. The molecule has 1 saturated heterocycles. The van der Waals surface area contributed by atoms with Crippen molar-refractivity contribution in [2.24, 2.45) is 0 Å². The van der Waals surface area contributed by atoms with Crippen LogP contribution < -0.4 is 10.1 Å². The van der Waals surface area contributed by atoms with Gasteiger partial charge in [0.1, 0.15) is 5.75 Å². The van der Waals surface area contributed by atoms with Crippen molar-refractivity contribution in [3.63, 3.8) is 0 Å². The van der Waals surface area contributed by atoms with E-state index in [9.17, 15) is 4.79 Å². The first-order valence-electron chi connectivity index (χ1n) is 9.88. The number of likely N-dealkylation sites (tertiary alicyclic amines) is 1. The van der Waals surface area contributed by atoms with E-state index < -0.39 is 0 Å². The summed E-state index contributed by atoms with van der Waals surface area (Å²) < 4.78 is 5.60. The molecule has 0 aliphatic carbocycles. The quantitative estimate of drug-likeness (QED) is 0.804. The van der Waals surface area contributed by atoms with Crippen LogP contribution in [0.4, 0.5) is 0 Å². The van der Waals surface area contributed by atoms with E-state index in [4.69, 9.17) is 4.74 Å². The smallest absolute Gasteiger partial charge is 0.258 e. The summed E-state index contributed by atoms with van der Waals surface area (Å²) in [6.07, 6.45) is 3.76. The summed E-state index contributed by atoms with van der Waals surface area (Å²) >= 11 is 0. The zero-order valence-electron chi connectivity index (χ0n) is 16.4. The number of carbonyl (C=O) groups excluding carboxylic acids is 1. The van der Waals surface area contributed by atoms with E-state index in [0.29, 0.717) is 6.54 Å². The maximum atomic E-state index is 12.3. The minimum absolute atomic E-state index is 0.0453. The molecule has 1 amide bonds. The highest BCUT2D eigenvalue weighted by Crippen LogP contribution is 2.24. The Balaban J connectivity index is 1.57. The molecule has 0 spiro atoms. The molecule has 0 unspecified atom stereocenters. The lowest BCUT2D eigenvalue weighted by Gasteiger charge is -2.35. The van der Waals surface area contributed by atoms with Crippen LogP contribution in [0.3, 0.4) is 0 Å². The molecule has 0 aromatic heterocycles. The molecule has 0 radical (unpaired) electrons. The van der Waals surface area contributed by atoms with Crippen molar-refractivity contribution < 1.29 is 9.53 Å². The molecule has 27 heavy (non-hydrogen) atoms. The van der Waals surface area contributed by atoms with Gasteiger partial charge >= 0.3 is 0 Å². The number of benzene rings is 2. The number of aryl methyl sites for hydroxylation is 2. The van der Waals surface area contributed by atoms with Crippen LogP contribution in [0.15, 0.2) is 48.5 Å². The third kappa shape index (κ3) is 5.83. The second kappa shape index (κ2) is 9.56. The van der Waals surface area contributed by atoms with Crippen molar-refractivity contribution in [2.45, 2.75) is 39.2 Å². The number of rotatable bonds is 7. The van der Waals surface area contributed by atoms with Crippen LogP contribution in [-0.4, -0.2) is 37.0 Å². The first-order chi connectivity index (χ1) is 13.1. The number of ether oxygens (including phenoxy) is 1. The van der Waals surface area contributed by atoms with Crippen molar-refractivity contribution >= 4 is 5.91 Å². The summed E-state index contributed by atoms with van der Waals surface area (Å²) in [5, 5.41) is 3.07. The van der Waals surface area contributed by atoms with Gasteiger partial charge in [-0.15, -0.1) is 0 Å². The molecule has 0 saturated carbocycles. The second-order valence-corrected chi connectivity index (χ2v) is 7.43. The molecule has 3 rings (SSSR count). The lowest BCUT2D eigenvalue weighted by molar-refractivity contribution is -0.123. The van der Waals surface area contributed by atoms with E-state index in [-0.39, 0.29) is 18.6 Å². The van der Waals surface area contributed by atoms with Gasteiger partial charge < -0.3 is 10.1 Å². The van der Waals surface area contributed by atoms with Gasteiger partial charge in [-0.3, -0.25) is 9.69 Å². The molecule has 1 N–H and O–H groups in total. The molecule has 1 fully saturated rings. The third-order valence-electron chi connectivity index (χ3n) is 5.18. The molecular formula is C23H30N2O2. The van der Waals surface area contributed by atoms with Gasteiger partial charge in [-0.25, -0.2) is 0 Å². The van der Waals surface area contributed by atoms with E-state index in [1.54, 1.807) is 0 Å². The molecule has 1 aliphatic rings. The van der Waals surface area contributed by atoms with Crippen LogP contribution in [0.25, 0.3) is 0 Å². The Morgan fingerprint density at radius 3 is 2.19 bits per heavy atom. The van der Waals surface area contributed by atoms with E-state index in [1.807, 2.05) is 31.2 Å². The number of piperidine rings is 1.